The van der Waals surface area contributed by atoms with E-state index in [1.807, 2.05) is 60.7 Å². The molecule has 46 heavy (non-hydrogen) atoms. The number of esters is 2. The minimum atomic E-state index is -0.172. The number of hydrogen-bond acceptors (Lipinski definition) is 8. The number of carbonyl (C=O) groups is 2. The fourth-order valence-electron chi connectivity index (χ4n) is 4.64. The highest BCUT2D eigenvalue weighted by atomic mass is 16.6. The second-order valence-electron chi connectivity index (χ2n) is 11.2. The van der Waals surface area contributed by atoms with E-state index in [2.05, 4.69) is 23.4 Å². The van der Waals surface area contributed by atoms with Crippen LogP contribution in [-0.2, 0) is 19.1 Å². The van der Waals surface area contributed by atoms with Crippen LogP contribution >= 0.6 is 0 Å². The number of rotatable bonds is 28. The van der Waals surface area contributed by atoms with Gasteiger partial charge in [-0.15, -0.1) is 13.2 Å². The molecular formula is C38H54N2O6. The smallest absolute Gasteiger partial charge is 0.305 e. The van der Waals surface area contributed by atoms with Crippen molar-refractivity contribution in [3.05, 3.63) is 73.8 Å². The Balaban J connectivity index is 1.52. The van der Waals surface area contributed by atoms with E-state index in [4.69, 9.17) is 18.9 Å². The van der Waals surface area contributed by atoms with Gasteiger partial charge in [0.2, 0.25) is 0 Å². The van der Waals surface area contributed by atoms with Crippen LogP contribution in [0.1, 0.15) is 103 Å². The molecule has 0 aliphatic rings. The van der Waals surface area contributed by atoms with Gasteiger partial charge in [-0.1, -0.05) is 63.5 Å². The lowest BCUT2D eigenvalue weighted by Gasteiger charge is -2.08. The molecule has 0 N–H and O–H groups in total. The zero-order valence-electron chi connectivity index (χ0n) is 27.7. The first kappa shape index (κ1) is 38.2. The van der Waals surface area contributed by atoms with Gasteiger partial charge in [-0.05, 0) is 87.1 Å². The Hall–Kier alpha value is -3.94. The Labute approximate surface area is 276 Å². The topological polar surface area (TPSA) is 95.8 Å². The summed E-state index contributed by atoms with van der Waals surface area (Å²) in [6.45, 7) is 8.52. The summed E-state index contributed by atoms with van der Waals surface area (Å²) in [5.41, 5.74) is 1.37. The van der Waals surface area contributed by atoms with E-state index in [9.17, 15) is 9.59 Å². The predicted molar refractivity (Wildman–Crippen MR) is 184 cm³/mol. The summed E-state index contributed by atoms with van der Waals surface area (Å²) >= 11 is 0. The van der Waals surface area contributed by atoms with Gasteiger partial charge in [0.1, 0.15) is 37.9 Å². The summed E-state index contributed by atoms with van der Waals surface area (Å²) in [6.07, 6.45) is 20.4. The van der Waals surface area contributed by atoms with Crippen LogP contribution in [0.4, 0.5) is 11.4 Å². The number of benzene rings is 2. The summed E-state index contributed by atoms with van der Waals surface area (Å²) < 4.78 is 21.9. The Bertz CT molecular complexity index is 1040. The first-order valence-corrected chi connectivity index (χ1v) is 17.0. The number of hydrogen-bond donors (Lipinski definition) is 0. The van der Waals surface area contributed by atoms with Crippen molar-refractivity contribution in [3.63, 3.8) is 0 Å². The fraction of sp³-hybridized carbons (Fsp3) is 0.526. The van der Waals surface area contributed by atoms with E-state index in [0.29, 0.717) is 48.9 Å². The molecule has 2 aromatic carbocycles. The highest BCUT2D eigenvalue weighted by Gasteiger charge is 2.05. The van der Waals surface area contributed by atoms with Crippen LogP contribution in [-0.4, -0.2) is 38.4 Å². The van der Waals surface area contributed by atoms with E-state index >= 15 is 0 Å². The molecule has 0 unspecified atom stereocenters. The Morgan fingerprint density at radius 1 is 0.500 bits per heavy atom. The van der Waals surface area contributed by atoms with Crippen molar-refractivity contribution < 1.29 is 28.5 Å². The summed E-state index contributed by atoms with van der Waals surface area (Å²) in [6, 6.07) is 14.5. The zero-order valence-corrected chi connectivity index (χ0v) is 27.7. The van der Waals surface area contributed by atoms with E-state index in [0.717, 1.165) is 51.4 Å². The second-order valence-corrected chi connectivity index (χ2v) is 11.2. The van der Waals surface area contributed by atoms with Gasteiger partial charge in [-0.25, -0.2) is 0 Å². The van der Waals surface area contributed by atoms with Gasteiger partial charge in [0.05, 0.1) is 11.4 Å². The molecule has 0 aliphatic carbocycles. The van der Waals surface area contributed by atoms with Crippen LogP contribution in [0.25, 0.3) is 0 Å². The molecule has 0 aromatic heterocycles. The summed E-state index contributed by atoms with van der Waals surface area (Å²) in [7, 11) is 0. The van der Waals surface area contributed by atoms with E-state index in [1.165, 1.54) is 38.5 Å². The molecular weight excluding hydrogens is 580 g/mol. The van der Waals surface area contributed by atoms with Crippen molar-refractivity contribution in [2.24, 2.45) is 10.2 Å². The highest BCUT2D eigenvalue weighted by Crippen LogP contribution is 2.23. The summed E-state index contributed by atoms with van der Waals surface area (Å²) in [5, 5.41) is 8.54. The first-order valence-electron chi connectivity index (χ1n) is 17.0. The maximum absolute atomic E-state index is 11.9. The quantitative estimate of drug-likeness (QED) is 0.0400. The number of nitrogens with zero attached hydrogens (tertiary/aromatic N) is 2. The molecule has 0 heterocycles. The van der Waals surface area contributed by atoms with E-state index in [1.54, 1.807) is 0 Å². The molecule has 0 atom stereocenters. The predicted octanol–water partition coefficient (Wildman–Crippen LogP) is 10.6. The minimum absolute atomic E-state index is 0.172. The van der Waals surface area contributed by atoms with Crippen molar-refractivity contribution >= 4 is 23.3 Å². The molecule has 0 saturated heterocycles. The molecule has 0 bridgehead atoms. The third-order valence-corrected chi connectivity index (χ3v) is 7.26. The third kappa shape index (κ3) is 20.2. The molecule has 0 fully saturated rings. The molecule has 8 heteroatoms. The lowest BCUT2D eigenvalue weighted by atomic mass is 10.1. The second kappa shape index (κ2) is 26.3. The van der Waals surface area contributed by atoms with Gasteiger partial charge in [0, 0.05) is 12.8 Å². The van der Waals surface area contributed by atoms with Crippen molar-refractivity contribution in [2.75, 3.05) is 26.4 Å². The molecule has 2 aromatic rings. The Morgan fingerprint density at radius 2 is 0.848 bits per heavy atom. The van der Waals surface area contributed by atoms with Gasteiger partial charge in [0.15, 0.2) is 0 Å². The monoisotopic (exact) mass is 634 g/mol. The van der Waals surface area contributed by atoms with Crippen LogP contribution in [0.3, 0.4) is 0 Å². The first-order chi connectivity index (χ1) is 22.6. The zero-order chi connectivity index (χ0) is 32.9. The number of ether oxygens (including phenoxy) is 4. The van der Waals surface area contributed by atoms with E-state index in [-0.39, 0.29) is 25.2 Å². The molecule has 2 rings (SSSR count). The Kier molecular flexibility index (Phi) is 21.9. The number of unbranched alkanes of at least 4 members (excludes halogenated alkanes) is 12. The van der Waals surface area contributed by atoms with Gasteiger partial charge in [0.25, 0.3) is 0 Å². The highest BCUT2D eigenvalue weighted by molar-refractivity contribution is 5.69. The maximum Gasteiger partial charge on any atom is 0.305 e. The average Bonchev–Trinajstić information content (AvgIpc) is 3.07. The normalized spacial score (nSPS) is 10.9. The molecule has 0 radical (unpaired) electrons. The van der Waals surface area contributed by atoms with Gasteiger partial charge >= 0.3 is 11.9 Å². The lowest BCUT2D eigenvalue weighted by molar-refractivity contribution is -0.145. The van der Waals surface area contributed by atoms with Gasteiger partial charge < -0.3 is 18.9 Å². The largest absolute Gasteiger partial charge is 0.490 e. The molecule has 0 saturated carbocycles. The SMILES string of the molecule is C=CCCCCCCCCC(=O)OCCOc1ccc(N=Nc2ccc(OCCOC(=O)CCCCCCCCC=C)cc2)cc1. The third-order valence-electron chi connectivity index (χ3n) is 7.26. The number of azo groups is 1. The van der Waals surface area contributed by atoms with Crippen molar-refractivity contribution in [1.82, 2.24) is 0 Å². The maximum atomic E-state index is 11.9. The van der Waals surface area contributed by atoms with Crippen LogP contribution < -0.4 is 9.47 Å². The Morgan fingerprint density at radius 3 is 1.22 bits per heavy atom. The standard InChI is InChI=1S/C38H54N2O6/c1-3-5-7-9-11-13-15-17-19-37(41)45-31-29-43-35-25-21-33(22-26-35)39-40-34-23-27-36(28-24-34)44-30-32-46-38(42)20-18-16-14-12-10-8-6-4-2/h3-4,21-28H,1-2,5-20,29-32H2. The summed E-state index contributed by atoms with van der Waals surface area (Å²) in [5.74, 6) is 0.996. The molecule has 252 valence electrons. The summed E-state index contributed by atoms with van der Waals surface area (Å²) in [4.78, 5) is 23.8. The molecule has 0 amide bonds. The van der Waals surface area contributed by atoms with Crippen molar-refractivity contribution in [2.45, 2.75) is 103 Å². The van der Waals surface area contributed by atoms with Crippen molar-refractivity contribution in [3.8, 4) is 11.5 Å². The van der Waals surface area contributed by atoms with Crippen molar-refractivity contribution in [1.29, 1.82) is 0 Å². The average molecular weight is 635 g/mol. The van der Waals surface area contributed by atoms with Gasteiger partial charge in [-0.2, -0.15) is 10.2 Å². The molecule has 8 nitrogen and oxygen atoms in total. The number of carbonyl (C=O) groups excluding carboxylic acids is 2. The van der Waals surface area contributed by atoms with Crippen LogP contribution in [0.2, 0.25) is 0 Å². The lowest BCUT2D eigenvalue weighted by Crippen LogP contribution is -2.11. The van der Waals surface area contributed by atoms with Crippen LogP contribution in [0, 0.1) is 0 Å². The van der Waals surface area contributed by atoms with Crippen LogP contribution in [0.15, 0.2) is 84.1 Å². The molecule has 0 spiro atoms. The van der Waals surface area contributed by atoms with E-state index < -0.39 is 0 Å². The van der Waals surface area contributed by atoms with Crippen LogP contribution in [0.5, 0.6) is 11.5 Å². The minimum Gasteiger partial charge on any atom is -0.490 e. The number of allylic oxidation sites excluding steroid dienone is 2. The molecule has 0 aliphatic heterocycles. The fourth-order valence-corrected chi connectivity index (χ4v) is 4.64. The van der Waals surface area contributed by atoms with Gasteiger partial charge in [-0.3, -0.25) is 9.59 Å².